The molecule has 1 fully saturated rings. The lowest BCUT2D eigenvalue weighted by atomic mass is 10.1. The molecule has 0 aliphatic carbocycles. The minimum absolute atomic E-state index is 0.0715. The average Bonchev–Trinajstić information content (AvgIpc) is 2.91. The van der Waals surface area contributed by atoms with E-state index in [0.717, 1.165) is 25.5 Å². The van der Waals surface area contributed by atoms with Crippen molar-refractivity contribution in [3.63, 3.8) is 0 Å². The maximum Gasteiger partial charge on any atom is 0.192 e. The van der Waals surface area contributed by atoms with Crippen LogP contribution in [0.2, 0.25) is 0 Å². The Bertz CT molecular complexity index is 441. The highest BCUT2D eigenvalue weighted by molar-refractivity contribution is 5.99. The first-order chi connectivity index (χ1) is 9.20. The SMILES string of the molecule is COc1ccc(F)cc1C(=O)COCC1CCCO1. The Hall–Kier alpha value is -1.46. The lowest BCUT2D eigenvalue weighted by Crippen LogP contribution is -2.18. The predicted octanol–water partition coefficient (Wildman–Crippen LogP) is 2.21. The molecule has 0 spiro atoms. The number of carbonyl (C=O) groups is 1. The van der Waals surface area contributed by atoms with Gasteiger partial charge in [0, 0.05) is 6.61 Å². The van der Waals surface area contributed by atoms with Crippen LogP contribution in [-0.2, 0) is 9.47 Å². The highest BCUT2D eigenvalue weighted by atomic mass is 19.1. The Kier molecular flexibility index (Phi) is 4.87. The zero-order chi connectivity index (χ0) is 13.7. The number of halogens is 1. The standard InChI is InChI=1S/C14H17FO4/c1-17-14-5-4-10(15)7-12(14)13(16)9-18-8-11-3-2-6-19-11/h4-5,7,11H,2-3,6,8-9H2,1H3. The molecule has 5 heteroatoms. The fourth-order valence-electron chi connectivity index (χ4n) is 2.03. The van der Waals surface area contributed by atoms with E-state index in [2.05, 4.69) is 0 Å². The zero-order valence-electron chi connectivity index (χ0n) is 10.9. The van der Waals surface area contributed by atoms with E-state index in [-0.39, 0.29) is 24.1 Å². The van der Waals surface area contributed by atoms with E-state index in [1.54, 1.807) is 0 Å². The number of hydrogen-bond acceptors (Lipinski definition) is 4. The van der Waals surface area contributed by atoms with Gasteiger partial charge in [0.05, 0.1) is 25.4 Å². The fourth-order valence-corrected chi connectivity index (χ4v) is 2.03. The monoisotopic (exact) mass is 268 g/mol. The summed E-state index contributed by atoms with van der Waals surface area (Å²) in [5.74, 6) is -0.412. The van der Waals surface area contributed by atoms with E-state index >= 15 is 0 Å². The number of hydrogen-bond donors (Lipinski definition) is 0. The number of ketones is 1. The molecule has 0 bridgehead atoms. The number of carbonyl (C=O) groups excluding carboxylic acids is 1. The van der Waals surface area contributed by atoms with Crippen LogP contribution in [-0.4, -0.2) is 38.8 Å². The predicted molar refractivity (Wildman–Crippen MR) is 67.1 cm³/mol. The molecule has 1 aromatic rings. The van der Waals surface area contributed by atoms with Crippen molar-refractivity contribution in [1.29, 1.82) is 0 Å². The van der Waals surface area contributed by atoms with Crippen LogP contribution in [0.1, 0.15) is 23.2 Å². The molecule has 1 unspecified atom stereocenters. The van der Waals surface area contributed by atoms with Crippen molar-refractivity contribution in [1.82, 2.24) is 0 Å². The molecule has 104 valence electrons. The van der Waals surface area contributed by atoms with Gasteiger partial charge in [-0.1, -0.05) is 0 Å². The summed E-state index contributed by atoms with van der Waals surface area (Å²) in [5, 5.41) is 0. The molecular formula is C14H17FO4. The van der Waals surface area contributed by atoms with Crippen LogP contribution in [0.3, 0.4) is 0 Å². The number of ether oxygens (including phenoxy) is 3. The minimum atomic E-state index is -0.469. The second-order valence-corrected chi connectivity index (χ2v) is 4.42. The summed E-state index contributed by atoms with van der Waals surface area (Å²) in [6.07, 6.45) is 2.05. The zero-order valence-corrected chi connectivity index (χ0v) is 10.9. The highest BCUT2D eigenvalue weighted by Crippen LogP contribution is 2.20. The van der Waals surface area contributed by atoms with E-state index in [1.165, 1.54) is 19.2 Å². The molecule has 2 rings (SSSR count). The molecule has 0 amide bonds. The Morgan fingerprint density at radius 2 is 2.37 bits per heavy atom. The van der Waals surface area contributed by atoms with Gasteiger partial charge in [0.2, 0.25) is 0 Å². The van der Waals surface area contributed by atoms with E-state index in [9.17, 15) is 9.18 Å². The Morgan fingerprint density at radius 3 is 3.05 bits per heavy atom. The summed E-state index contributed by atoms with van der Waals surface area (Å²) < 4.78 is 28.9. The van der Waals surface area contributed by atoms with Gasteiger partial charge in [0.25, 0.3) is 0 Å². The fraction of sp³-hybridized carbons (Fsp3) is 0.500. The first-order valence-electron chi connectivity index (χ1n) is 6.27. The minimum Gasteiger partial charge on any atom is -0.496 e. The van der Waals surface area contributed by atoms with Crippen LogP contribution in [0.25, 0.3) is 0 Å². The molecule has 19 heavy (non-hydrogen) atoms. The van der Waals surface area contributed by atoms with E-state index in [0.29, 0.717) is 12.4 Å². The number of rotatable bonds is 6. The van der Waals surface area contributed by atoms with Gasteiger partial charge < -0.3 is 14.2 Å². The third kappa shape index (κ3) is 3.75. The number of methoxy groups -OCH3 is 1. The summed E-state index contributed by atoms with van der Waals surface area (Å²) in [7, 11) is 1.44. The van der Waals surface area contributed by atoms with Crippen molar-refractivity contribution in [2.24, 2.45) is 0 Å². The van der Waals surface area contributed by atoms with E-state index in [4.69, 9.17) is 14.2 Å². The summed E-state index contributed by atoms with van der Waals surface area (Å²) in [6.45, 7) is 1.04. The summed E-state index contributed by atoms with van der Waals surface area (Å²) >= 11 is 0. The molecule has 0 saturated carbocycles. The molecule has 1 aliphatic heterocycles. The van der Waals surface area contributed by atoms with Gasteiger partial charge in [-0.3, -0.25) is 4.79 Å². The van der Waals surface area contributed by atoms with Gasteiger partial charge in [-0.25, -0.2) is 4.39 Å². The summed E-state index contributed by atoms with van der Waals surface area (Å²) in [6, 6.07) is 3.85. The smallest absolute Gasteiger partial charge is 0.192 e. The molecule has 1 atom stereocenters. The normalized spacial score (nSPS) is 18.5. The van der Waals surface area contributed by atoms with Crippen LogP contribution in [0.4, 0.5) is 4.39 Å². The molecule has 0 N–H and O–H groups in total. The maximum atomic E-state index is 13.1. The third-order valence-electron chi connectivity index (χ3n) is 3.02. The quantitative estimate of drug-likeness (QED) is 0.742. The van der Waals surface area contributed by atoms with Crippen molar-refractivity contribution in [3.05, 3.63) is 29.6 Å². The second kappa shape index (κ2) is 6.63. The van der Waals surface area contributed by atoms with Crippen molar-refractivity contribution < 1.29 is 23.4 Å². The Morgan fingerprint density at radius 1 is 1.53 bits per heavy atom. The lowest BCUT2D eigenvalue weighted by molar-refractivity contribution is 0.0189. The van der Waals surface area contributed by atoms with Crippen molar-refractivity contribution in [3.8, 4) is 5.75 Å². The molecule has 1 aliphatic rings. The first kappa shape index (κ1) is 14.0. The van der Waals surface area contributed by atoms with E-state index < -0.39 is 5.82 Å². The van der Waals surface area contributed by atoms with Gasteiger partial charge >= 0.3 is 0 Å². The largest absolute Gasteiger partial charge is 0.496 e. The number of benzene rings is 1. The third-order valence-corrected chi connectivity index (χ3v) is 3.02. The van der Waals surface area contributed by atoms with Gasteiger partial charge in [-0.2, -0.15) is 0 Å². The van der Waals surface area contributed by atoms with Crippen LogP contribution in [0, 0.1) is 5.82 Å². The maximum absolute atomic E-state index is 13.1. The van der Waals surface area contributed by atoms with Crippen LogP contribution < -0.4 is 4.74 Å². The average molecular weight is 268 g/mol. The van der Waals surface area contributed by atoms with Crippen LogP contribution >= 0.6 is 0 Å². The van der Waals surface area contributed by atoms with Gasteiger partial charge in [0.15, 0.2) is 5.78 Å². The second-order valence-electron chi connectivity index (χ2n) is 4.42. The Labute approximate surface area is 111 Å². The van der Waals surface area contributed by atoms with Crippen molar-refractivity contribution >= 4 is 5.78 Å². The van der Waals surface area contributed by atoms with Crippen molar-refractivity contribution in [2.75, 3.05) is 26.9 Å². The molecule has 0 aromatic heterocycles. The highest BCUT2D eigenvalue weighted by Gasteiger charge is 2.18. The molecule has 0 radical (unpaired) electrons. The van der Waals surface area contributed by atoms with Gasteiger partial charge in [-0.15, -0.1) is 0 Å². The molecule has 4 nitrogen and oxygen atoms in total. The van der Waals surface area contributed by atoms with Gasteiger partial charge in [0.1, 0.15) is 18.2 Å². The van der Waals surface area contributed by atoms with E-state index in [1.807, 2.05) is 0 Å². The molecule has 1 heterocycles. The lowest BCUT2D eigenvalue weighted by Gasteiger charge is -2.11. The van der Waals surface area contributed by atoms with Gasteiger partial charge in [-0.05, 0) is 31.0 Å². The summed E-state index contributed by atoms with van der Waals surface area (Å²) in [5.41, 5.74) is 0.204. The topological polar surface area (TPSA) is 44.8 Å². The molecule has 1 saturated heterocycles. The first-order valence-corrected chi connectivity index (χ1v) is 6.27. The van der Waals surface area contributed by atoms with Crippen molar-refractivity contribution in [2.45, 2.75) is 18.9 Å². The summed E-state index contributed by atoms with van der Waals surface area (Å²) in [4.78, 5) is 11.9. The van der Waals surface area contributed by atoms with Crippen LogP contribution in [0.15, 0.2) is 18.2 Å². The number of Topliss-reactive ketones (excluding diaryl/α,β-unsaturated/α-hetero) is 1. The van der Waals surface area contributed by atoms with Crippen LogP contribution in [0.5, 0.6) is 5.75 Å². The molecule has 1 aromatic carbocycles. The Balaban J connectivity index is 1.89. The molecular weight excluding hydrogens is 251 g/mol.